The normalized spacial score (nSPS) is 16.6. The number of amides is 1. The van der Waals surface area contributed by atoms with E-state index in [0.29, 0.717) is 12.3 Å². The van der Waals surface area contributed by atoms with E-state index >= 15 is 0 Å². The highest BCUT2D eigenvalue weighted by atomic mass is 16.4. The van der Waals surface area contributed by atoms with Crippen LogP contribution in [-0.4, -0.2) is 17.0 Å². The summed E-state index contributed by atoms with van der Waals surface area (Å²) < 4.78 is 0. The Morgan fingerprint density at radius 3 is 2.57 bits per heavy atom. The molecule has 1 amide bonds. The molecule has 0 aliphatic heterocycles. The maximum atomic E-state index is 12.2. The average Bonchev–Trinajstić information content (AvgIpc) is 2.90. The summed E-state index contributed by atoms with van der Waals surface area (Å²) in [4.78, 5) is 23.2. The number of carbonyl (C=O) groups excluding carboxylic acids is 1. The van der Waals surface area contributed by atoms with E-state index in [2.05, 4.69) is 5.32 Å². The Labute approximate surface area is 125 Å². The molecule has 1 aliphatic rings. The largest absolute Gasteiger partial charge is 0.481 e. The van der Waals surface area contributed by atoms with Gasteiger partial charge in [-0.3, -0.25) is 9.59 Å². The van der Waals surface area contributed by atoms with Gasteiger partial charge in [0, 0.05) is 6.42 Å². The Morgan fingerprint density at radius 2 is 1.95 bits per heavy atom. The molecule has 1 aromatic rings. The number of nitrogens with one attached hydrogen (secondary N) is 1. The van der Waals surface area contributed by atoms with E-state index in [9.17, 15) is 9.59 Å². The molecule has 2 N–H and O–H groups in total. The molecule has 0 spiro atoms. The Hall–Kier alpha value is -1.84. The summed E-state index contributed by atoms with van der Waals surface area (Å²) in [5, 5.41) is 12.0. The van der Waals surface area contributed by atoms with Gasteiger partial charge in [-0.05, 0) is 36.8 Å². The lowest BCUT2D eigenvalue weighted by atomic mass is 9.97. The minimum absolute atomic E-state index is 0.0311. The zero-order chi connectivity index (χ0) is 15.2. The minimum atomic E-state index is -0.899. The highest BCUT2D eigenvalue weighted by Crippen LogP contribution is 2.28. The second kappa shape index (κ2) is 7.25. The van der Waals surface area contributed by atoms with Crippen molar-refractivity contribution in [2.75, 3.05) is 0 Å². The number of aryl methyl sites for hydroxylation is 1. The van der Waals surface area contributed by atoms with Gasteiger partial charge in [-0.25, -0.2) is 0 Å². The highest BCUT2D eigenvalue weighted by Gasteiger charge is 2.23. The summed E-state index contributed by atoms with van der Waals surface area (Å²) in [7, 11) is 0. The molecular formula is C17H23NO3. The molecule has 0 bridgehead atoms. The van der Waals surface area contributed by atoms with Crippen LogP contribution >= 0.6 is 0 Å². The average molecular weight is 289 g/mol. The summed E-state index contributed by atoms with van der Waals surface area (Å²) in [6.07, 6.45) is 5.06. The fourth-order valence-electron chi connectivity index (χ4n) is 3.12. The molecule has 1 atom stereocenters. The fraction of sp³-hybridized carbons (Fsp3) is 0.529. The lowest BCUT2D eigenvalue weighted by Crippen LogP contribution is -2.31. The van der Waals surface area contributed by atoms with E-state index in [1.165, 1.54) is 12.8 Å². The van der Waals surface area contributed by atoms with E-state index in [1.54, 1.807) is 0 Å². The molecule has 1 aliphatic carbocycles. The molecule has 1 fully saturated rings. The van der Waals surface area contributed by atoms with Crippen molar-refractivity contribution in [1.82, 2.24) is 5.32 Å². The van der Waals surface area contributed by atoms with Crippen LogP contribution in [-0.2, 0) is 9.59 Å². The van der Waals surface area contributed by atoms with Crippen molar-refractivity contribution >= 4 is 11.9 Å². The first-order chi connectivity index (χ1) is 10.1. The number of rotatable bonds is 6. The molecule has 0 saturated heterocycles. The van der Waals surface area contributed by atoms with E-state index < -0.39 is 12.0 Å². The van der Waals surface area contributed by atoms with Crippen LogP contribution in [0.15, 0.2) is 24.3 Å². The zero-order valence-electron chi connectivity index (χ0n) is 12.5. The standard InChI is InChI=1S/C17H23NO3/c1-12-6-2-5-9-14(12)15(11-17(20)21)18-16(19)10-13-7-3-4-8-13/h2,5-6,9,13,15H,3-4,7-8,10-11H2,1H3,(H,18,19)(H,20,21). The number of aliphatic carboxylic acids is 1. The molecule has 0 radical (unpaired) electrons. The molecule has 1 aromatic carbocycles. The van der Waals surface area contributed by atoms with Crippen LogP contribution in [0.25, 0.3) is 0 Å². The van der Waals surface area contributed by atoms with Crippen LogP contribution in [0.1, 0.15) is 55.7 Å². The van der Waals surface area contributed by atoms with Gasteiger partial charge in [0.15, 0.2) is 0 Å². The van der Waals surface area contributed by atoms with E-state index in [-0.39, 0.29) is 12.3 Å². The molecule has 114 valence electrons. The fourth-order valence-corrected chi connectivity index (χ4v) is 3.12. The SMILES string of the molecule is Cc1ccccc1C(CC(=O)O)NC(=O)CC1CCCC1. The van der Waals surface area contributed by atoms with Gasteiger partial charge in [-0.1, -0.05) is 37.1 Å². The minimum Gasteiger partial charge on any atom is -0.481 e. The van der Waals surface area contributed by atoms with Crippen molar-refractivity contribution in [1.29, 1.82) is 0 Å². The molecule has 1 unspecified atom stereocenters. The first-order valence-electron chi connectivity index (χ1n) is 7.63. The van der Waals surface area contributed by atoms with Crippen LogP contribution in [0.4, 0.5) is 0 Å². The Bertz CT molecular complexity index is 507. The van der Waals surface area contributed by atoms with Crippen LogP contribution < -0.4 is 5.32 Å². The number of carboxylic acids is 1. The summed E-state index contributed by atoms with van der Waals surface area (Å²) >= 11 is 0. The first-order valence-corrected chi connectivity index (χ1v) is 7.63. The van der Waals surface area contributed by atoms with Gasteiger partial charge >= 0.3 is 5.97 Å². The van der Waals surface area contributed by atoms with Gasteiger partial charge in [0.25, 0.3) is 0 Å². The second-order valence-electron chi connectivity index (χ2n) is 5.93. The predicted molar refractivity (Wildman–Crippen MR) is 80.9 cm³/mol. The van der Waals surface area contributed by atoms with Crippen LogP contribution in [0.2, 0.25) is 0 Å². The van der Waals surface area contributed by atoms with Gasteiger partial charge in [0.05, 0.1) is 12.5 Å². The van der Waals surface area contributed by atoms with Crippen LogP contribution in [0.3, 0.4) is 0 Å². The monoisotopic (exact) mass is 289 g/mol. The summed E-state index contributed by atoms with van der Waals surface area (Å²) in [5.41, 5.74) is 1.89. The van der Waals surface area contributed by atoms with Crippen molar-refractivity contribution in [3.05, 3.63) is 35.4 Å². The molecular weight excluding hydrogens is 266 g/mol. The summed E-state index contributed by atoms with van der Waals surface area (Å²) in [6.45, 7) is 1.94. The Balaban J connectivity index is 2.04. The van der Waals surface area contributed by atoms with Gasteiger partial charge in [0.2, 0.25) is 5.91 Å². The lowest BCUT2D eigenvalue weighted by Gasteiger charge is -2.20. The first kappa shape index (κ1) is 15.5. The Kier molecular flexibility index (Phi) is 5.37. The van der Waals surface area contributed by atoms with E-state index in [0.717, 1.165) is 24.0 Å². The van der Waals surface area contributed by atoms with Crippen LogP contribution in [0, 0.1) is 12.8 Å². The lowest BCUT2D eigenvalue weighted by molar-refractivity contribution is -0.137. The maximum Gasteiger partial charge on any atom is 0.305 e. The number of hydrogen-bond acceptors (Lipinski definition) is 2. The number of hydrogen-bond donors (Lipinski definition) is 2. The van der Waals surface area contributed by atoms with Gasteiger partial charge in [-0.2, -0.15) is 0 Å². The third-order valence-corrected chi connectivity index (χ3v) is 4.23. The summed E-state index contributed by atoms with van der Waals surface area (Å²) in [6, 6.07) is 7.17. The maximum absolute atomic E-state index is 12.2. The third-order valence-electron chi connectivity index (χ3n) is 4.23. The van der Waals surface area contributed by atoms with Crippen molar-refractivity contribution < 1.29 is 14.7 Å². The van der Waals surface area contributed by atoms with E-state index in [1.807, 2.05) is 31.2 Å². The van der Waals surface area contributed by atoms with Gasteiger partial charge in [-0.15, -0.1) is 0 Å². The number of carboxylic acid groups (broad SMARTS) is 1. The third kappa shape index (κ3) is 4.59. The topological polar surface area (TPSA) is 66.4 Å². The highest BCUT2D eigenvalue weighted by molar-refractivity contribution is 5.78. The smallest absolute Gasteiger partial charge is 0.305 e. The van der Waals surface area contributed by atoms with Crippen molar-refractivity contribution in [3.8, 4) is 0 Å². The van der Waals surface area contributed by atoms with Gasteiger partial charge in [0.1, 0.15) is 0 Å². The number of carbonyl (C=O) groups is 2. The summed E-state index contributed by atoms with van der Waals surface area (Å²) in [5.74, 6) is -0.465. The molecule has 4 heteroatoms. The van der Waals surface area contributed by atoms with Gasteiger partial charge < -0.3 is 10.4 Å². The van der Waals surface area contributed by atoms with E-state index in [4.69, 9.17) is 5.11 Å². The zero-order valence-corrected chi connectivity index (χ0v) is 12.5. The molecule has 0 heterocycles. The molecule has 0 aromatic heterocycles. The quantitative estimate of drug-likeness (QED) is 0.845. The van der Waals surface area contributed by atoms with Crippen molar-refractivity contribution in [2.24, 2.45) is 5.92 Å². The Morgan fingerprint density at radius 1 is 1.29 bits per heavy atom. The molecule has 4 nitrogen and oxygen atoms in total. The molecule has 2 rings (SSSR count). The molecule has 21 heavy (non-hydrogen) atoms. The number of benzene rings is 1. The molecule has 1 saturated carbocycles. The predicted octanol–water partition coefficient (Wildman–Crippen LogP) is 3.21. The van der Waals surface area contributed by atoms with Crippen LogP contribution in [0.5, 0.6) is 0 Å². The second-order valence-corrected chi connectivity index (χ2v) is 5.93. The van der Waals surface area contributed by atoms with Crippen molar-refractivity contribution in [3.63, 3.8) is 0 Å². The van der Waals surface area contributed by atoms with Crippen molar-refractivity contribution in [2.45, 2.75) is 51.5 Å².